The van der Waals surface area contributed by atoms with Crippen LogP contribution in [0, 0.1) is 5.92 Å². The molecule has 0 spiro atoms. The van der Waals surface area contributed by atoms with Gasteiger partial charge in [-0.3, -0.25) is 4.79 Å². The lowest BCUT2D eigenvalue weighted by Gasteiger charge is -2.32. The van der Waals surface area contributed by atoms with Gasteiger partial charge in [0, 0.05) is 29.8 Å². The monoisotopic (exact) mass is 383 g/mol. The van der Waals surface area contributed by atoms with E-state index in [0.29, 0.717) is 22.3 Å². The molecule has 0 saturated carbocycles. The first-order valence-corrected chi connectivity index (χ1v) is 9.81. The molecule has 8 heteroatoms. The fourth-order valence-corrected chi connectivity index (χ4v) is 3.91. The molecule has 1 aliphatic rings. The highest BCUT2D eigenvalue weighted by Crippen LogP contribution is 2.29. The molecule has 1 fully saturated rings. The summed E-state index contributed by atoms with van der Waals surface area (Å²) in [5.74, 6) is 0.698. The second kappa shape index (κ2) is 7.40. The number of rotatable bonds is 5. The van der Waals surface area contributed by atoms with Gasteiger partial charge in [-0.05, 0) is 49.1 Å². The SMILES string of the molecule is CC1CCN(c2ccc(Nc3nnc(-c4cc(C(N)=O)cs4)o3)cc2)CC1. The van der Waals surface area contributed by atoms with Gasteiger partial charge in [0.05, 0.1) is 10.4 Å². The number of carbonyl (C=O) groups is 1. The van der Waals surface area contributed by atoms with Crippen molar-refractivity contribution in [3.05, 3.63) is 41.3 Å². The number of piperidine rings is 1. The number of aromatic nitrogens is 2. The molecule has 7 nitrogen and oxygen atoms in total. The zero-order valence-electron chi connectivity index (χ0n) is 15.0. The molecule has 27 heavy (non-hydrogen) atoms. The molecule has 1 saturated heterocycles. The number of primary amides is 1. The van der Waals surface area contributed by atoms with Gasteiger partial charge in [-0.1, -0.05) is 12.0 Å². The predicted octanol–water partition coefficient (Wildman–Crippen LogP) is 3.88. The fraction of sp³-hybridized carbons (Fsp3) is 0.316. The Morgan fingerprint density at radius 2 is 2.00 bits per heavy atom. The summed E-state index contributed by atoms with van der Waals surface area (Å²) in [6, 6.07) is 10.2. The third-order valence-electron chi connectivity index (χ3n) is 4.79. The number of amides is 1. The van der Waals surface area contributed by atoms with Gasteiger partial charge >= 0.3 is 6.01 Å². The van der Waals surface area contributed by atoms with Crippen LogP contribution >= 0.6 is 11.3 Å². The maximum absolute atomic E-state index is 11.2. The summed E-state index contributed by atoms with van der Waals surface area (Å²) in [5.41, 5.74) is 7.82. The summed E-state index contributed by atoms with van der Waals surface area (Å²) in [6.07, 6.45) is 2.48. The average Bonchev–Trinajstić information content (AvgIpc) is 3.32. The number of carbonyl (C=O) groups excluding carboxylic acids is 1. The number of nitrogens with zero attached hydrogens (tertiary/aromatic N) is 3. The van der Waals surface area contributed by atoms with Gasteiger partial charge in [-0.15, -0.1) is 16.4 Å². The van der Waals surface area contributed by atoms with Crippen LogP contribution in [0.4, 0.5) is 17.4 Å². The minimum absolute atomic E-state index is 0.304. The van der Waals surface area contributed by atoms with E-state index in [9.17, 15) is 4.79 Å². The highest BCUT2D eigenvalue weighted by atomic mass is 32.1. The van der Waals surface area contributed by atoms with Gasteiger partial charge in [-0.2, -0.15) is 0 Å². The van der Waals surface area contributed by atoms with Crippen LogP contribution in [0.15, 0.2) is 40.1 Å². The Kier molecular flexibility index (Phi) is 4.81. The van der Waals surface area contributed by atoms with Crippen LogP contribution in [-0.4, -0.2) is 29.2 Å². The summed E-state index contributed by atoms with van der Waals surface area (Å²) >= 11 is 1.34. The van der Waals surface area contributed by atoms with Crippen LogP contribution in [0.1, 0.15) is 30.1 Å². The Morgan fingerprint density at radius 3 is 2.67 bits per heavy atom. The van der Waals surface area contributed by atoms with Crippen LogP contribution in [0.2, 0.25) is 0 Å². The molecule has 0 aliphatic carbocycles. The van der Waals surface area contributed by atoms with Crippen molar-refractivity contribution in [3.8, 4) is 10.8 Å². The van der Waals surface area contributed by atoms with Gasteiger partial charge in [0.2, 0.25) is 5.91 Å². The number of benzene rings is 1. The summed E-state index contributed by atoms with van der Waals surface area (Å²) in [6.45, 7) is 4.53. The van der Waals surface area contributed by atoms with Crippen LogP contribution < -0.4 is 16.0 Å². The fourth-order valence-electron chi connectivity index (χ4n) is 3.10. The summed E-state index contributed by atoms with van der Waals surface area (Å²) in [4.78, 5) is 14.3. The molecule has 4 rings (SSSR count). The van der Waals surface area contributed by atoms with Crippen molar-refractivity contribution in [2.75, 3.05) is 23.3 Å². The molecule has 0 bridgehead atoms. The molecule has 0 atom stereocenters. The summed E-state index contributed by atoms with van der Waals surface area (Å²) in [5, 5.41) is 12.8. The van der Waals surface area contributed by atoms with E-state index in [4.69, 9.17) is 10.2 Å². The van der Waals surface area contributed by atoms with Crippen LogP contribution in [-0.2, 0) is 0 Å². The van der Waals surface area contributed by atoms with Crippen molar-refractivity contribution in [2.24, 2.45) is 11.7 Å². The Balaban J connectivity index is 1.42. The first-order chi connectivity index (χ1) is 13.1. The largest absolute Gasteiger partial charge is 0.402 e. The molecular formula is C19H21N5O2S. The van der Waals surface area contributed by atoms with Crippen molar-refractivity contribution in [2.45, 2.75) is 19.8 Å². The summed E-state index contributed by atoms with van der Waals surface area (Å²) in [7, 11) is 0. The van der Waals surface area contributed by atoms with Crippen LogP contribution in [0.3, 0.4) is 0 Å². The smallest absolute Gasteiger partial charge is 0.320 e. The molecule has 1 aromatic carbocycles. The predicted molar refractivity (Wildman–Crippen MR) is 106 cm³/mol. The number of thiophene rings is 1. The third-order valence-corrected chi connectivity index (χ3v) is 5.71. The Hall–Kier alpha value is -2.87. The lowest BCUT2D eigenvalue weighted by atomic mass is 9.99. The van der Waals surface area contributed by atoms with E-state index < -0.39 is 5.91 Å². The molecule has 3 N–H and O–H groups in total. The summed E-state index contributed by atoms with van der Waals surface area (Å²) < 4.78 is 5.64. The standard InChI is InChI=1S/C19H21N5O2S/c1-12-6-8-24(9-7-12)15-4-2-14(3-5-15)21-19-23-22-18(26-19)16-10-13(11-27-16)17(20)25/h2-5,10-12H,6-9H2,1H3,(H2,20,25)(H,21,23). The first-order valence-electron chi connectivity index (χ1n) is 8.93. The van der Waals surface area contributed by atoms with Crippen molar-refractivity contribution < 1.29 is 9.21 Å². The molecule has 0 unspecified atom stereocenters. The molecular weight excluding hydrogens is 362 g/mol. The van der Waals surface area contributed by atoms with Gasteiger partial charge in [0.25, 0.3) is 5.89 Å². The average molecular weight is 383 g/mol. The Labute approximate surface area is 161 Å². The number of hydrogen-bond acceptors (Lipinski definition) is 7. The molecule has 3 heterocycles. The quantitative estimate of drug-likeness (QED) is 0.694. The Bertz CT molecular complexity index is 926. The number of hydrogen-bond donors (Lipinski definition) is 2. The second-order valence-corrected chi connectivity index (χ2v) is 7.73. The maximum atomic E-state index is 11.2. The molecule has 140 valence electrons. The molecule has 1 aliphatic heterocycles. The van der Waals surface area contributed by atoms with Crippen LogP contribution in [0.5, 0.6) is 0 Å². The lowest BCUT2D eigenvalue weighted by molar-refractivity contribution is 0.100. The first kappa shape index (κ1) is 17.5. The lowest BCUT2D eigenvalue weighted by Crippen LogP contribution is -2.32. The van der Waals surface area contributed by atoms with E-state index in [1.807, 2.05) is 12.1 Å². The normalized spacial score (nSPS) is 15.1. The maximum Gasteiger partial charge on any atom is 0.320 e. The zero-order valence-corrected chi connectivity index (χ0v) is 15.8. The van der Waals surface area contributed by atoms with Gasteiger partial charge in [0.1, 0.15) is 0 Å². The number of nitrogens with two attached hydrogens (primary N) is 1. The molecule has 2 aromatic heterocycles. The van der Waals surface area contributed by atoms with Crippen LogP contribution in [0.25, 0.3) is 10.8 Å². The van der Waals surface area contributed by atoms with Gasteiger partial charge in [0.15, 0.2) is 0 Å². The molecule has 0 radical (unpaired) electrons. The van der Waals surface area contributed by atoms with Crippen molar-refractivity contribution in [1.29, 1.82) is 0 Å². The van der Waals surface area contributed by atoms with E-state index >= 15 is 0 Å². The van der Waals surface area contributed by atoms with Crippen molar-refractivity contribution in [1.82, 2.24) is 10.2 Å². The van der Waals surface area contributed by atoms with Gasteiger partial charge in [-0.25, -0.2) is 0 Å². The highest BCUT2D eigenvalue weighted by Gasteiger charge is 2.16. The van der Waals surface area contributed by atoms with Gasteiger partial charge < -0.3 is 20.4 Å². The topological polar surface area (TPSA) is 97.3 Å². The minimum Gasteiger partial charge on any atom is -0.402 e. The molecule has 3 aromatic rings. The van der Waals surface area contributed by atoms with E-state index in [-0.39, 0.29) is 0 Å². The second-order valence-electron chi connectivity index (χ2n) is 6.82. The zero-order chi connectivity index (χ0) is 18.8. The van der Waals surface area contributed by atoms with E-state index in [0.717, 1.165) is 24.7 Å². The highest BCUT2D eigenvalue weighted by molar-refractivity contribution is 7.13. The number of nitrogens with one attached hydrogen (secondary N) is 1. The Morgan fingerprint density at radius 1 is 1.26 bits per heavy atom. The van der Waals surface area contributed by atoms with E-state index in [2.05, 4.69) is 39.5 Å². The molecule has 1 amide bonds. The number of anilines is 3. The van der Waals surface area contributed by atoms with Crippen molar-refractivity contribution >= 4 is 34.6 Å². The van der Waals surface area contributed by atoms with E-state index in [1.54, 1.807) is 11.4 Å². The third kappa shape index (κ3) is 3.95. The van der Waals surface area contributed by atoms with Crippen molar-refractivity contribution in [3.63, 3.8) is 0 Å². The minimum atomic E-state index is -0.474. The van der Waals surface area contributed by atoms with E-state index in [1.165, 1.54) is 29.9 Å².